The van der Waals surface area contributed by atoms with Gasteiger partial charge in [-0.05, 0) is 67.2 Å². The van der Waals surface area contributed by atoms with Crippen molar-refractivity contribution in [2.75, 3.05) is 0 Å². The Hall–Kier alpha value is -3.67. The molecule has 1 radical (unpaired) electrons. The van der Waals surface area contributed by atoms with E-state index in [0.717, 1.165) is 42.3 Å². The monoisotopic (exact) mass is 931 g/mol. The molecule has 0 saturated carbocycles. The molecule has 6 heteroatoms. The van der Waals surface area contributed by atoms with Crippen LogP contribution in [0.2, 0.25) is 13.1 Å². The van der Waals surface area contributed by atoms with E-state index in [1.807, 2.05) is 45.2 Å². The van der Waals surface area contributed by atoms with E-state index in [-0.39, 0.29) is 43.5 Å². The summed E-state index contributed by atoms with van der Waals surface area (Å²) in [6, 6.07) is 37.1. The van der Waals surface area contributed by atoms with Gasteiger partial charge in [0.1, 0.15) is 8.07 Å². The van der Waals surface area contributed by atoms with Crippen molar-refractivity contribution in [2.24, 2.45) is 11.8 Å². The van der Waals surface area contributed by atoms with Crippen LogP contribution < -0.4 is 10.4 Å². The van der Waals surface area contributed by atoms with Gasteiger partial charge in [0.05, 0.1) is 5.76 Å². The van der Waals surface area contributed by atoms with Crippen molar-refractivity contribution in [3.63, 3.8) is 0 Å². The Morgan fingerprint density at radius 2 is 1.48 bits per heavy atom. The summed E-state index contributed by atoms with van der Waals surface area (Å²) < 4.78 is 1.23. The molecule has 6 rings (SSSR count). The SMILES string of the molecule is CCC(CC)C(=O)/C=C(\O)C(CC)CC.Cc1cc([Si](C)(C)c2ccccc2)ccc1-c1cc2ccnc(-c3[c-]c4ccccc4c(C(C)C)c3)c2s1.[Ir]. The van der Waals surface area contributed by atoms with E-state index < -0.39 is 8.07 Å². The number of ketones is 1. The summed E-state index contributed by atoms with van der Waals surface area (Å²) in [5.74, 6) is 0.974. The van der Waals surface area contributed by atoms with Gasteiger partial charge in [0.15, 0.2) is 5.78 Å². The van der Waals surface area contributed by atoms with Crippen molar-refractivity contribution >= 4 is 56.4 Å². The Labute approximate surface area is 342 Å². The van der Waals surface area contributed by atoms with Crippen molar-refractivity contribution in [1.29, 1.82) is 0 Å². The first-order valence-corrected chi connectivity index (χ1v) is 23.2. The minimum atomic E-state index is -1.74. The van der Waals surface area contributed by atoms with E-state index in [2.05, 4.69) is 131 Å². The number of hydrogen-bond donors (Lipinski definition) is 1. The number of hydrogen-bond acceptors (Lipinski definition) is 4. The maximum absolute atomic E-state index is 11.7. The number of nitrogens with zero attached hydrogens (tertiary/aromatic N) is 1. The van der Waals surface area contributed by atoms with Crippen LogP contribution in [-0.2, 0) is 24.9 Å². The number of fused-ring (bicyclic) bond motifs is 2. The molecule has 0 aliphatic heterocycles. The number of rotatable bonds is 12. The summed E-state index contributed by atoms with van der Waals surface area (Å²) in [4.78, 5) is 17.9. The van der Waals surface area contributed by atoms with E-state index >= 15 is 0 Å². The van der Waals surface area contributed by atoms with Gasteiger partial charge in [-0.15, -0.1) is 40.5 Å². The Morgan fingerprint density at radius 3 is 2.11 bits per heavy atom. The normalized spacial score (nSPS) is 12.0. The van der Waals surface area contributed by atoms with E-state index in [9.17, 15) is 9.90 Å². The summed E-state index contributed by atoms with van der Waals surface area (Å²) >= 11 is 1.84. The molecule has 0 aliphatic rings. The van der Waals surface area contributed by atoms with Gasteiger partial charge in [0.2, 0.25) is 0 Å². The number of aliphatic hydroxyl groups is 1. The fourth-order valence-corrected chi connectivity index (χ4v) is 11.0. The van der Waals surface area contributed by atoms with Gasteiger partial charge >= 0.3 is 0 Å². The van der Waals surface area contributed by atoms with Crippen LogP contribution in [0.4, 0.5) is 0 Å². The zero-order valence-corrected chi connectivity index (χ0v) is 37.6. The number of aryl methyl sites for hydroxylation is 1. The van der Waals surface area contributed by atoms with Gasteiger partial charge in [0, 0.05) is 59.5 Å². The molecule has 0 unspecified atom stereocenters. The molecule has 0 aliphatic carbocycles. The van der Waals surface area contributed by atoms with Gasteiger partial charge < -0.3 is 5.11 Å². The Kier molecular flexibility index (Phi) is 15.4. The third kappa shape index (κ3) is 9.57. The zero-order chi connectivity index (χ0) is 38.3. The minimum Gasteiger partial charge on any atom is -0.512 e. The molecule has 285 valence electrons. The van der Waals surface area contributed by atoms with E-state index in [4.69, 9.17) is 4.98 Å². The van der Waals surface area contributed by atoms with Crippen LogP contribution >= 0.6 is 11.3 Å². The summed E-state index contributed by atoms with van der Waals surface area (Å²) in [6.45, 7) is 19.7. The van der Waals surface area contributed by atoms with Gasteiger partial charge in [-0.3, -0.25) is 9.78 Å². The van der Waals surface area contributed by atoms with E-state index in [0.29, 0.717) is 5.92 Å². The molecule has 54 heavy (non-hydrogen) atoms. The molecular weight excluding hydrogens is 875 g/mol. The summed E-state index contributed by atoms with van der Waals surface area (Å²) in [7, 11) is -1.74. The predicted octanol–water partition coefficient (Wildman–Crippen LogP) is 12.7. The smallest absolute Gasteiger partial charge is 0.162 e. The second kappa shape index (κ2) is 19.3. The Bertz CT molecular complexity index is 2200. The fourth-order valence-electron chi connectivity index (χ4n) is 7.28. The largest absolute Gasteiger partial charge is 0.512 e. The molecule has 0 saturated heterocycles. The van der Waals surface area contributed by atoms with E-state index in [1.54, 1.807) is 0 Å². The van der Waals surface area contributed by atoms with Gasteiger partial charge in [-0.25, -0.2) is 0 Å². The average molecular weight is 931 g/mol. The van der Waals surface area contributed by atoms with Crippen molar-refractivity contribution in [3.8, 4) is 21.7 Å². The zero-order valence-electron chi connectivity index (χ0n) is 33.4. The third-order valence-electron chi connectivity index (χ3n) is 10.9. The second-order valence-corrected chi connectivity index (χ2v) is 20.5. The van der Waals surface area contributed by atoms with Crippen LogP contribution in [0, 0.1) is 24.8 Å². The second-order valence-electron chi connectivity index (χ2n) is 15.0. The summed E-state index contributed by atoms with van der Waals surface area (Å²) in [6.07, 6.45) is 6.85. The molecule has 0 fully saturated rings. The fraction of sp³-hybridized carbons (Fsp3) is 0.333. The number of pyridine rings is 1. The van der Waals surface area contributed by atoms with Crippen molar-refractivity contribution in [1.82, 2.24) is 4.98 Å². The maximum atomic E-state index is 11.7. The molecule has 4 aromatic carbocycles. The number of aliphatic hydroxyl groups excluding tert-OH is 1. The standard InChI is InChI=1S/C35H32NSSi.C13H24O2.Ir/c1-23(2)32-21-27(20-25-11-9-10-14-31(25)32)34-35-26(17-18-36-34)22-33(37-35)30-16-15-29(19-24(30)3)38(4,5)28-12-7-6-8-13-28;1-5-10(6-2)12(14)9-13(15)11(7-3)8-4;/h6-19,21-23H,1-5H3;9-11,14H,5-8H2,1-4H3;/q-1;;/b;12-9-;. The molecule has 2 aromatic heterocycles. The average Bonchev–Trinajstić information content (AvgIpc) is 3.60. The maximum Gasteiger partial charge on any atom is 0.162 e. The molecular formula is C48H56IrNO2SSi-. The number of aromatic nitrogens is 1. The van der Waals surface area contributed by atoms with Crippen molar-refractivity contribution in [3.05, 3.63) is 126 Å². The van der Waals surface area contributed by atoms with Crippen LogP contribution in [0.5, 0.6) is 0 Å². The predicted molar refractivity (Wildman–Crippen MR) is 233 cm³/mol. The van der Waals surface area contributed by atoms with Gasteiger partial charge in [-0.2, -0.15) is 0 Å². The van der Waals surface area contributed by atoms with Crippen LogP contribution in [0.3, 0.4) is 0 Å². The summed E-state index contributed by atoms with van der Waals surface area (Å²) in [5.41, 5.74) is 6.09. The van der Waals surface area contributed by atoms with Crippen molar-refractivity contribution in [2.45, 2.75) is 93.2 Å². The molecule has 0 amide bonds. The minimum absolute atomic E-state index is 0. The molecule has 6 aromatic rings. The van der Waals surface area contributed by atoms with E-state index in [1.165, 1.54) is 53.5 Å². The number of thiophene rings is 1. The van der Waals surface area contributed by atoms with Gasteiger partial charge in [0.25, 0.3) is 0 Å². The van der Waals surface area contributed by atoms with Crippen molar-refractivity contribution < 1.29 is 30.0 Å². The van der Waals surface area contributed by atoms with Crippen LogP contribution in [0.25, 0.3) is 42.6 Å². The molecule has 0 atom stereocenters. The Morgan fingerprint density at radius 1 is 0.833 bits per heavy atom. The van der Waals surface area contributed by atoms with Gasteiger partial charge in [-0.1, -0.05) is 143 Å². The number of allylic oxidation sites excluding steroid dienone is 2. The first-order valence-electron chi connectivity index (χ1n) is 19.4. The first kappa shape index (κ1) is 43.1. The number of carbonyl (C=O) groups excluding carboxylic acids is 1. The van der Waals surface area contributed by atoms with Crippen LogP contribution in [-0.4, -0.2) is 23.9 Å². The van der Waals surface area contributed by atoms with Crippen LogP contribution in [0.15, 0.2) is 109 Å². The first-order chi connectivity index (χ1) is 25.4. The summed E-state index contributed by atoms with van der Waals surface area (Å²) in [5, 5.41) is 16.4. The van der Waals surface area contributed by atoms with Crippen LogP contribution in [0.1, 0.15) is 84.3 Å². The quantitative estimate of drug-likeness (QED) is 0.0576. The Balaban J connectivity index is 0.000000347. The molecule has 3 nitrogen and oxygen atoms in total. The topological polar surface area (TPSA) is 50.2 Å². The third-order valence-corrected chi connectivity index (χ3v) is 15.6. The number of carbonyl (C=O) groups is 1. The molecule has 1 N–H and O–H groups in total. The molecule has 0 bridgehead atoms. The molecule has 0 spiro atoms. The molecule has 2 heterocycles. The number of benzene rings is 4.